The molecule has 1 N–H and O–H groups in total. The lowest BCUT2D eigenvalue weighted by atomic mass is 9.80. The summed E-state index contributed by atoms with van der Waals surface area (Å²) in [6.07, 6.45) is 5.17. The lowest BCUT2D eigenvalue weighted by Crippen LogP contribution is -2.16. The smallest absolute Gasteiger partial charge is 0.408 e. The maximum atomic E-state index is 11.2. The Labute approximate surface area is 120 Å². The van der Waals surface area contributed by atoms with Crippen LogP contribution in [-0.2, 0) is 0 Å². The summed E-state index contributed by atoms with van der Waals surface area (Å²) in [4.78, 5) is 14.2. The van der Waals surface area contributed by atoms with Crippen LogP contribution in [0.4, 0.5) is 0 Å². The van der Waals surface area contributed by atoms with Gasteiger partial charge in [-0.2, -0.15) is 0 Å². The molecule has 1 aromatic heterocycles. The average Bonchev–Trinajstić information content (AvgIpc) is 2.77. The first-order chi connectivity index (χ1) is 9.13. The average molecular weight is 324 g/mol. The van der Waals surface area contributed by atoms with E-state index in [2.05, 4.69) is 33.9 Å². The van der Waals surface area contributed by atoms with Crippen LogP contribution in [0.5, 0.6) is 0 Å². The number of H-pyrrole nitrogens is 1. The van der Waals surface area contributed by atoms with Gasteiger partial charge in [-0.1, -0.05) is 41.8 Å². The van der Waals surface area contributed by atoms with Gasteiger partial charge in [0.2, 0.25) is 0 Å². The molecule has 1 atom stereocenters. The number of halogens is 1. The first kappa shape index (κ1) is 13.0. The molecule has 0 bridgehead atoms. The molecule has 1 unspecified atom stereocenters. The van der Waals surface area contributed by atoms with Gasteiger partial charge >= 0.3 is 5.76 Å². The molecule has 1 heterocycles. The third kappa shape index (κ3) is 2.64. The molecule has 102 valence electrons. The Morgan fingerprint density at radius 3 is 2.79 bits per heavy atom. The Morgan fingerprint density at radius 2 is 2.05 bits per heavy atom. The van der Waals surface area contributed by atoms with Crippen molar-refractivity contribution in [2.75, 3.05) is 0 Å². The second-order valence-electron chi connectivity index (χ2n) is 5.69. The number of nitrogens with one attached hydrogen (secondary N) is 1. The van der Waals surface area contributed by atoms with Crippen molar-refractivity contribution < 1.29 is 4.42 Å². The molecule has 3 rings (SSSR count). The van der Waals surface area contributed by atoms with Crippen LogP contribution in [0.15, 0.2) is 27.4 Å². The van der Waals surface area contributed by atoms with Gasteiger partial charge < -0.3 is 4.42 Å². The molecule has 1 aliphatic carbocycles. The van der Waals surface area contributed by atoms with Gasteiger partial charge in [0.15, 0.2) is 5.58 Å². The molecule has 0 saturated heterocycles. The highest BCUT2D eigenvalue weighted by molar-refractivity contribution is 9.09. The van der Waals surface area contributed by atoms with Gasteiger partial charge in [0, 0.05) is 4.83 Å². The third-order valence-corrected chi connectivity index (χ3v) is 5.51. The summed E-state index contributed by atoms with van der Waals surface area (Å²) in [5, 5.41) is 0. The fourth-order valence-corrected chi connectivity index (χ4v) is 3.80. The van der Waals surface area contributed by atoms with Crippen molar-refractivity contribution in [2.24, 2.45) is 11.8 Å². The fourth-order valence-electron chi connectivity index (χ4n) is 2.98. The van der Waals surface area contributed by atoms with Gasteiger partial charge in [-0.05, 0) is 42.4 Å². The molecule has 1 fully saturated rings. The first-order valence-corrected chi connectivity index (χ1v) is 7.82. The fraction of sp³-hybridized carbons (Fsp3) is 0.533. The molecule has 1 aromatic carbocycles. The molecule has 1 saturated carbocycles. The molecule has 0 amide bonds. The molecular weight excluding hydrogens is 306 g/mol. The van der Waals surface area contributed by atoms with E-state index in [9.17, 15) is 4.79 Å². The summed E-state index contributed by atoms with van der Waals surface area (Å²) in [7, 11) is 0. The van der Waals surface area contributed by atoms with Crippen LogP contribution in [0.1, 0.15) is 43.0 Å². The highest BCUT2D eigenvalue weighted by Gasteiger charge is 2.25. The van der Waals surface area contributed by atoms with Gasteiger partial charge in [-0.3, -0.25) is 4.98 Å². The number of aromatic amines is 1. The van der Waals surface area contributed by atoms with E-state index in [0.29, 0.717) is 16.3 Å². The summed E-state index contributed by atoms with van der Waals surface area (Å²) in [6, 6.07) is 5.98. The SMILES string of the molecule is CC1CCC(C(Br)c2ccc3[nH]c(=O)oc3c2)CC1. The summed E-state index contributed by atoms with van der Waals surface area (Å²) in [5.41, 5.74) is 2.62. The normalized spacial score (nSPS) is 25.6. The van der Waals surface area contributed by atoms with Crippen LogP contribution in [0.25, 0.3) is 11.1 Å². The summed E-state index contributed by atoms with van der Waals surface area (Å²) in [6.45, 7) is 2.33. The van der Waals surface area contributed by atoms with E-state index in [1.807, 2.05) is 12.1 Å². The van der Waals surface area contributed by atoms with Gasteiger partial charge in [0.1, 0.15) is 0 Å². The second-order valence-corrected chi connectivity index (χ2v) is 6.68. The maximum absolute atomic E-state index is 11.2. The highest BCUT2D eigenvalue weighted by Crippen LogP contribution is 2.41. The van der Waals surface area contributed by atoms with Crippen molar-refractivity contribution in [3.63, 3.8) is 0 Å². The topological polar surface area (TPSA) is 46.0 Å². The van der Waals surface area contributed by atoms with E-state index in [-0.39, 0.29) is 5.76 Å². The number of fused-ring (bicyclic) bond motifs is 1. The van der Waals surface area contributed by atoms with Crippen LogP contribution >= 0.6 is 15.9 Å². The Balaban J connectivity index is 1.84. The first-order valence-electron chi connectivity index (χ1n) is 6.90. The number of alkyl halides is 1. The van der Waals surface area contributed by atoms with E-state index in [1.165, 1.54) is 31.2 Å². The van der Waals surface area contributed by atoms with Gasteiger partial charge in [-0.15, -0.1) is 0 Å². The number of benzene rings is 1. The molecule has 3 nitrogen and oxygen atoms in total. The molecule has 19 heavy (non-hydrogen) atoms. The van der Waals surface area contributed by atoms with Gasteiger partial charge in [0.05, 0.1) is 5.52 Å². The van der Waals surface area contributed by atoms with Crippen LogP contribution in [0.3, 0.4) is 0 Å². The molecular formula is C15H18BrNO2. The lowest BCUT2D eigenvalue weighted by molar-refractivity contribution is 0.287. The maximum Gasteiger partial charge on any atom is 0.417 e. The number of hydrogen-bond donors (Lipinski definition) is 1. The molecule has 1 aliphatic rings. The minimum atomic E-state index is -0.384. The molecule has 0 radical (unpaired) electrons. The van der Waals surface area contributed by atoms with Crippen LogP contribution in [0, 0.1) is 11.8 Å². The van der Waals surface area contributed by atoms with Crippen molar-refractivity contribution in [1.82, 2.24) is 4.98 Å². The number of rotatable bonds is 2. The second kappa shape index (κ2) is 5.16. The van der Waals surface area contributed by atoms with Crippen molar-refractivity contribution in [3.05, 3.63) is 34.3 Å². The minimum Gasteiger partial charge on any atom is -0.408 e. The number of hydrogen-bond acceptors (Lipinski definition) is 2. The van der Waals surface area contributed by atoms with E-state index in [4.69, 9.17) is 4.42 Å². The zero-order valence-corrected chi connectivity index (χ0v) is 12.6. The lowest BCUT2D eigenvalue weighted by Gasteiger charge is -2.29. The van der Waals surface area contributed by atoms with Crippen LogP contribution in [-0.4, -0.2) is 4.98 Å². The third-order valence-electron chi connectivity index (χ3n) is 4.24. The Morgan fingerprint density at radius 1 is 1.32 bits per heavy atom. The van der Waals surface area contributed by atoms with Crippen molar-refractivity contribution in [3.8, 4) is 0 Å². The summed E-state index contributed by atoms with van der Waals surface area (Å²) >= 11 is 3.83. The van der Waals surface area contributed by atoms with Crippen LogP contribution in [0.2, 0.25) is 0 Å². The molecule has 0 aliphatic heterocycles. The van der Waals surface area contributed by atoms with E-state index in [1.54, 1.807) is 0 Å². The standard InChI is InChI=1S/C15H18BrNO2/c1-9-2-4-10(5-3-9)14(16)11-6-7-12-13(8-11)19-15(18)17-12/h6-10,14H,2-5H2,1H3,(H,17,18). The van der Waals surface area contributed by atoms with Crippen molar-refractivity contribution in [2.45, 2.75) is 37.4 Å². The molecule has 2 aromatic rings. The number of oxazole rings is 1. The summed E-state index contributed by atoms with van der Waals surface area (Å²) in [5.74, 6) is 1.16. The quantitative estimate of drug-likeness (QED) is 0.833. The predicted octanol–water partition coefficient (Wildman–Crippen LogP) is 4.38. The zero-order valence-electron chi connectivity index (χ0n) is 11.0. The molecule has 0 spiro atoms. The van der Waals surface area contributed by atoms with Crippen LogP contribution < -0.4 is 5.76 Å². The summed E-state index contributed by atoms with van der Waals surface area (Å²) < 4.78 is 5.13. The van der Waals surface area contributed by atoms with Gasteiger partial charge in [-0.25, -0.2) is 4.79 Å². The van der Waals surface area contributed by atoms with E-state index < -0.39 is 0 Å². The van der Waals surface area contributed by atoms with Crippen molar-refractivity contribution >= 4 is 27.0 Å². The Hall–Kier alpha value is -1.03. The number of aromatic nitrogens is 1. The zero-order chi connectivity index (χ0) is 13.4. The van der Waals surface area contributed by atoms with E-state index >= 15 is 0 Å². The van der Waals surface area contributed by atoms with E-state index in [0.717, 1.165) is 11.4 Å². The van der Waals surface area contributed by atoms with Crippen molar-refractivity contribution in [1.29, 1.82) is 0 Å². The predicted molar refractivity (Wildman–Crippen MR) is 79.6 cm³/mol. The monoisotopic (exact) mass is 323 g/mol. The molecule has 4 heteroatoms. The van der Waals surface area contributed by atoms with Gasteiger partial charge in [0.25, 0.3) is 0 Å². The Bertz CT molecular complexity index is 622. The highest BCUT2D eigenvalue weighted by atomic mass is 79.9. The minimum absolute atomic E-state index is 0.351. The largest absolute Gasteiger partial charge is 0.417 e. The Kier molecular flexibility index (Phi) is 3.52.